The predicted molar refractivity (Wildman–Crippen MR) is 103 cm³/mol. The maximum atomic E-state index is 11.9. The van der Waals surface area contributed by atoms with Gasteiger partial charge in [0, 0.05) is 25.5 Å². The molecule has 7 heteroatoms. The molecule has 0 bridgehead atoms. The fraction of sp³-hybridized carbons (Fsp3) is 0.211. The van der Waals surface area contributed by atoms with E-state index < -0.39 is 11.8 Å². The number of carbonyl (C=O) groups is 2. The Kier molecular flexibility index (Phi) is 6.73. The van der Waals surface area contributed by atoms with Gasteiger partial charge in [-0.3, -0.25) is 9.59 Å². The number of rotatable bonds is 7. The SMILES string of the molecule is COc1ccc(NC(=O)CC(=O)NN=Cc2ccc(N(C)C)cc2)cc1. The molecule has 0 heterocycles. The van der Waals surface area contributed by atoms with Crippen LogP contribution in [0.3, 0.4) is 0 Å². The van der Waals surface area contributed by atoms with Crippen molar-refractivity contribution in [1.82, 2.24) is 5.43 Å². The molecule has 0 atom stereocenters. The van der Waals surface area contributed by atoms with E-state index in [0.717, 1.165) is 11.3 Å². The summed E-state index contributed by atoms with van der Waals surface area (Å²) in [6.45, 7) is 0. The van der Waals surface area contributed by atoms with Crippen LogP contribution in [0.15, 0.2) is 53.6 Å². The molecule has 0 fully saturated rings. The topological polar surface area (TPSA) is 83.0 Å². The third-order valence-electron chi connectivity index (χ3n) is 3.51. The minimum absolute atomic E-state index is 0.317. The molecule has 26 heavy (non-hydrogen) atoms. The summed E-state index contributed by atoms with van der Waals surface area (Å²) in [6, 6.07) is 14.5. The average Bonchev–Trinajstić information content (AvgIpc) is 2.62. The minimum atomic E-state index is -0.489. The maximum Gasteiger partial charge on any atom is 0.249 e. The lowest BCUT2D eigenvalue weighted by Gasteiger charge is -2.11. The Balaban J connectivity index is 1.79. The van der Waals surface area contributed by atoms with Crippen molar-refractivity contribution in [3.63, 3.8) is 0 Å². The number of methoxy groups -OCH3 is 1. The summed E-state index contributed by atoms with van der Waals surface area (Å²) in [6.07, 6.45) is 1.21. The summed E-state index contributed by atoms with van der Waals surface area (Å²) in [5, 5.41) is 6.50. The van der Waals surface area contributed by atoms with Gasteiger partial charge in [0.05, 0.1) is 13.3 Å². The van der Waals surface area contributed by atoms with Crippen molar-refractivity contribution < 1.29 is 14.3 Å². The smallest absolute Gasteiger partial charge is 0.249 e. The van der Waals surface area contributed by atoms with Gasteiger partial charge < -0.3 is 15.0 Å². The van der Waals surface area contributed by atoms with E-state index in [0.29, 0.717) is 11.4 Å². The molecule has 0 aliphatic heterocycles. The number of ether oxygens (including phenoxy) is 1. The maximum absolute atomic E-state index is 11.9. The summed E-state index contributed by atoms with van der Waals surface area (Å²) in [4.78, 5) is 25.6. The fourth-order valence-corrected chi connectivity index (χ4v) is 2.10. The van der Waals surface area contributed by atoms with Crippen LogP contribution in [-0.4, -0.2) is 39.2 Å². The predicted octanol–water partition coefficient (Wildman–Crippen LogP) is 2.24. The molecule has 2 aromatic rings. The van der Waals surface area contributed by atoms with Gasteiger partial charge in [-0.15, -0.1) is 0 Å². The van der Waals surface area contributed by atoms with Crippen molar-refractivity contribution in [2.24, 2.45) is 5.10 Å². The van der Waals surface area contributed by atoms with E-state index in [2.05, 4.69) is 15.8 Å². The first-order chi connectivity index (χ1) is 12.5. The van der Waals surface area contributed by atoms with Crippen LogP contribution < -0.4 is 20.4 Å². The number of carbonyl (C=O) groups excluding carboxylic acids is 2. The Morgan fingerprint density at radius 3 is 2.27 bits per heavy atom. The second-order valence-corrected chi connectivity index (χ2v) is 5.73. The highest BCUT2D eigenvalue weighted by Crippen LogP contribution is 2.15. The molecule has 0 radical (unpaired) electrons. The second kappa shape index (κ2) is 9.22. The first-order valence-electron chi connectivity index (χ1n) is 8.01. The first kappa shape index (κ1) is 19.0. The average molecular weight is 354 g/mol. The zero-order chi connectivity index (χ0) is 18.9. The van der Waals surface area contributed by atoms with Gasteiger partial charge in [0.2, 0.25) is 11.8 Å². The fourth-order valence-electron chi connectivity index (χ4n) is 2.10. The van der Waals surface area contributed by atoms with Crippen LogP contribution in [0.1, 0.15) is 12.0 Å². The molecular weight excluding hydrogens is 332 g/mol. The quantitative estimate of drug-likeness (QED) is 0.454. The lowest BCUT2D eigenvalue weighted by molar-refractivity contribution is -0.126. The molecule has 0 aromatic heterocycles. The van der Waals surface area contributed by atoms with Gasteiger partial charge in [-0.1, -0.05) is 12.1 Å². The highest BCUT2D eigenvalue weighted by molar-refractivity contribution is 6.03. The molecule has 2 N–H and O–H groups in total. The molecule has 0 saturated carbocycles. The molecule has 0 spiro atoms. The summed E-state index contributed by atoms with van der Waals surface area (Å²) >= 11 is 0. The van der Waals surface area contributed by atoms with Crippen LogP contribution in [0.2, 0.25) is 0 Å². The van der Waals surface area contributed by atoms with Gasteiger partial charge in [-0.05, 0) is 42.0 Å². The van der Waals surface area contributed by atoms with Gasteiger partial charge >= 0.3 is 0 Å². The standard InChI is InChI=1S/C19H22N4O3/c1-23(2)16-8-4-14(5-9-16)13-20-22-19(25)12-18(24)21-15-6-10-17(26-3)11-7-15/h4-11,13H,12H2,1-3H3,(H,21,24)(H,22,25). The zero-order valence-corrected chi connectivity index (χ0v) is 15.0. The van der Waals surface area contributed by atoms with Crippen molar-refractivity contribution in [3.8, 4) is 5.75 Å². The molecule has 0 saturated heterocycles. The molecule has 136 valence electrons. The highest BCUT2D eigenvalue weighted by atomic mass is 16.5. The van der Waals surface area contributed by atoms with Crippen LogP contribution in [0.4, 0.5) is 11.4 Å². The van der Waals surface area contributed by atoms with E-state index in [1.165, 1.54) is 6.21 Å². The summed E-state index contributed by atoms with van der Waals surface area (Å²) in [7, 11) is 5.48. The Hall–Kier alpha value is -3.35. The lowest BCUT2D eigenvalue weighted by Crippen LogP contribution is -2.24. The largest absolute Gasteiger partial charge is 0.497 e. The minimum Gasteiger partial charge on any atom is -0.497 e. The van der Waals surface area contributed by atoms with Crippen molar-refractivity contribution in [2.45, 2.75) is 6.42 Å². The number of amides is 2. The number of hydrogen-bond acceptors (Lipinski definition) is 5. The zero-order valence-electron chi connectivity index (χ0n) is 15.0. The lowest BCUT2D eigenvalue weighted by atomic mass is 10.2. The molecule has 0 unspecified atom stereocenters. The monoisotopic (exact) mass is 354 g/mol. The molecule has 0 aliphatic carbocycles. The number of hydrogen-bond donors (Lipinski definition) is 2. The van der Waals surface area contributed by atoms with Gasteiger partial charge in [-0.25, -0.2) is 5.43 Å². The molecule has 7 nitrogen and oxygen atoms in total. The number of anilines is 2. The molecule has 0 aliphatic rings. The Morgan fingerprint density at radius 1 is 1.04 bits per heavy atom. The molecule has 2 rings (SSSR count). The second-order valence-electron chi connectivity index (χ2n) is 5.73. The first-order valence-corrected chi connectivity index (χ1v) is 8.01. The van der Waals surface area contributed by atoms with E-state index >= 15 is 0 Å². The Morgan fingerprint density at radius 2 is 1.69 bits per heavy atom. The van der Waals surface area contributed by atoms with Crippen molar-refractivity contribution in [1.29, 1.82) is 0 Å². The Labute approximate surface area is 152 Å². The van der Waals surface area contributed by atoms with Gasteiger partial charge in [-0.2, -0.15) is 5.10 Å². The highest BCUT2D eigenvalue weighted by Gasteiger charge is 2.09. The van der Waals surface area contributed by atoms with E-state index in [1.54, 1.807) is 31.4 Å². The van der Waals surface area contributed by atoms with Gasteiger partial charge in [0.15, 0.2) is 0 Å². The van der Waals surface area contributed by atoms with Crippen LogP contribution in [0, 0.1) is 0 Å². The summed E-state index contributed by atoms with van der Waals surface area (Å²) < 4.78 is 5.04. The molecule has 2 aromatic carbocycles. The van der Waals surface area contributed by atoms with Crippen LogP contribution in [0.25, 0.3) is 0 Å². The van der Waals surface area contributed by atoms with E-state index in [9.17, 15) is 9.59 Å². The van der Waals surface area contributed by atoms with E-state index in [-0.39, 0.29) is 6.42 Å². The van der Waals surface area contributed by atoms with Crippen LogP contribution in [-0.2, 0) is 9.59 Å². The number of hydrazone groups is 1. The van der Waals surface area contributed by atoms with Gasteiger partial charge in [0.25, 0.3) is 0 Å². The Bertz CT molecular complexity index is 768. The third kappa shape index (κ3) is 5.94. The van der Waals surface area contributed by atoms with Crippen molar-refractivity contribution in [3.05, 3.63) is 54.1 Å². The van der Waals surface area contributed by atoms with Crippen molar-refractivity contribution in [2.75, 3.05) is 31.4 Å². The number of nitrogens with zero attached hydrogens (tertiary/aromatic N) is 2. The number of benzene rings is 2. The van der Waals surface area contributed by atoms with Crippen LogP contribution >= 0.6 is 0 Å². The van der Waals surface area contributed by atoms with E-state index in [4.69, 9.17) is 4.74 Å². The molecule has 2 amide bonds. The van der Waals surface area contributed by atoms with Crippen LogP contribution in [0.5, 0.6) is 5.75 Å². The van der Waals surface area contributed by atoms with Gasteiger partial charge in [0.1, 0.15) is 12.2 Å². The summed E-state index contributed by atoms with van der Waals surface area (Å²) in [5.74, 6) is -0.218. The van der Waals surface area contributed by atoms with Crippen molar-refractivity contribution >= 4 is 29.4 Å². The van der Waals surface area contributed by atoms with E-state index in [1.807, 2.05) is 43.3 Å². The molecular formula is C19H22N4O3. The normalized spacial score (nSPS) is 10.4. The number of nitrogens with one attached hydrogen (secondary N) is 2. The third-order valence-corrected chi connectivity index (χ3v) is 3.51. The summed E-state index contributed by atoms with van der Waals surface area (Å²) in [5.41, 5.74) is 4.85.